The van der Waals surface area contributed by atoms with E-state index in [0.717, 1.165) is 12.8 Å². The van der Waals surface area contributed by atoms with E-state index in [1.807, 2.05) is 20.8 Å². The van der Waals surface area contributed by atoms with E-state index in [1.165, 1.54) is 21.0 Å². The molecule has 1 aliphatic heterocycles. The van der Waals surface area contributed by atoms with Crippen LogP contribution in [-0.4, -0.2) is 95.1 Å². The van der Waals surface area contributed by atoms with Crippen molar-refractivity contribution in [2.45, 2.75) is 156 Å². The number of carboxylic acid groups (broad SMARTS) is 1. The maximum absolute atomic E-state index is 14.1. The summed E-state index contributed by atoms with van der Waals surface area (Å²) in [5, 5.41) is 24.9. The van der Waals surface area contributed by atoms with Gasteiger partial charge in [-0.15, -0.1) is 0 Å². The number of nitrogens with zero attached hydrogens (tertiary/aromatic N) is 2. The van der Waals surface area contributed by atoms with E-state index in [1.54, 1.807) is 59.3 Å². The molecule has 1 aliphatic rings. The van der Waals surface area contributed by atoms with Crippen LogP contribution in [0.25, 0.3) is 0 Å². The molecule has 13 heteroatoms. The van der Waals surface area contributed by atoms with Crippen LogP contribution in [0.1, 0.15) is 107 Å². The quantitative estimate of drug-likeness (QED) is 0.0949. The average Bonchev–Trinajstić information content (AvgIpc) is 3.29. The van der Waals surface area contributed by atoms with Gasteiger partial charge in [-0.1, -0.05) is 60.1 Å². The van der Waals surface area contributed by atoms with E-state index in [-0.39, 0.29) is 42.5 Å². The number of carbonyl (C=O) groups is 3. The number of rotatable bonds is 22. The topological polar surface area (TPSA) is 180 Å². The summed E-state index contributed by atoms with van der Waals surface area (Å²) in [6.45, 7) is 19.8. The predicted molar refractivity (Wildman–Crippen MR) is 204 cm³/mol. The van der Waals surface area contributed by atoms with Crippen LogP contribution in [0.5, 0.6) is 0 Å². The number of ketones is 1. The Kier molecular flexibility index (Phi) is 18.3. The van der Waals surface area contributed by atoms with E-state index < -0.39 is 77.5 Å². The molecule has 0 radical (unpaired) electrons. The smallest absolute Gasteiger partial charge is 0.310 e. The first-order valence-electron chi connectivity index (χ1n) is 19.5. The summed E-state index contributed by atoms with van der Waals surface area (Å²) in [5.41, 5.74) is -2.18. The summed E-state index contributed by atoms with van der Waals surface area (Å²) < 4.78 is 31.8. The number of carboxylic acids is 1. The molecule has 0 amide bonds. The molecule has 0 aliphatic carbocycles. The zero-order valence-corrected chi connectivity index (χ0v) is 34.8. The van der Waals surface area contributed by atoms with Gasteiger partial charge in [0.05, 0.1) is 35.7 Å². The summed E-state index contributed by atoms with van der Waals surface area (Å²) in [7, 11) is 3.09. The molecule has 308 valence electrons. The Balaban J connectivity index is 2.67. The minimum Gasteiger partial charge on any atom is -0.481 e. The standard InChI is InChI=1S/C41H68N2O11/c1-14-25(5)41(11,48)36(43-49)27(7)33(45)24(4)22-40(10,51-13)37(54-39-35(50-12)31(23(2)3)16-15-26(6)52-39)28(8)34(29(9)38(46)47)53-32(44)21-30-17-19-42-20-18-30/h17-20,23-29,31,34-37,39,48H,14-16,21-22H2,1-13H3,(H,46,47)/t24-,25-,26-,27+,28+,29-,31-,34+,35-,36-,37-,39+,40+,41-/m1/s1. The Morgan fingerprint density at radius 3 is 2.13 bits per heavy atom. The van der Waals surface area contributed by atoms with E-state index in [0.29, 0.717) is 12.0 Å². The van der Waals surface area contributed by atoms with Crippen LogP contribution in [-0.2, 0) is 44.5 Å². The predicted octanol–water partition coefficient (Wildman–Crippen LogP) is 6.66. The molecule has 0 unspecified atom stereocenters. The summed E-state index contributed by atoms with van der Waals surface area (Å²) >= 11 is 0. The number of aromatic nitrogens is 1. The van der Waals surface area contributed by atoms with Gasteiger partial charge < -0.3 is 33.9 Å². The molecule has 13 nitrogen and oxygen atoms in total. The Bertz CT molecular complexity index is 1340. The van der Waals surface area contributed by atoms with E-state index in [4.69, 9.17) is 23.7 Å². The Hall–Kier alpha value is -2.84. The summed E-state index contributed by atoms with van der Waals surface area (Å²) in [6, 6.07) is 2.17. The number of hydrogen-bond acceptors (Lipinski definition) is 12. The molecule has 2 rings (SSSR count). The fourth-order valence-electron chi connectivity index (χ4n) is 8.12. The Morgan fingerprint density at radius 2 is 1.63 bits per heavy atom. The van der Waals surface area contributed by atoms with Crippen LogP contribution < -0.4 is 0 Å². The molecule has 0 aromatic carbocycles. The third-order valence-corrected chi connectivity index (χ3v) is 12.1. The number of aliphatic hydroxyl groups is 1. The first kappa shape index (κ1) is 47.3. The van der Waals surface area contributed by atoms with Gasteiger partial charge in [-0.3, -0.25) is 19.4 Å². The number of pyridine rings is 1. The molecule has 2 heterocycles. The molecular weight excluding hydrogens is 696 g/mol. The molecule has 2 N–H and O–H groups in total. The zero-order chi connectivity index (χ0) is 41.1. The molecule has 0 spiro atoms. The maximum Gasteiger partial charge on any atom is 0.310 e. The third-order valence-electron chi connectivity index (χ3n) is 12.1. The van der Waals surface area contributed by atoms with Crippen molar-refractivity contribution in [3.05, 3.63) is 35.0 Å². The van der Waals surface area contributed by atoms with Gasteiger partial charge in [0.25, 0.3) is 0 Å². The summed E-state index contributed by atoms with van der Waals surface area (Å²) in [5.74, 6) is -5.76. The van der Waals surface area contributed by atoms with Gasteiger partial charge in [-0.25, -0.2) is 0 Å². The lowest BCUT2D eigenvalue weighted by molar-refractivity contribution is -0.284. The largest absolute Gasteiger partial charge is 0.481 e. The van der Waals surface area contributed by atoms with Gasteiger partial charge in [0.1, 0.15) is 24.0 Å². The third kappa shape index (κ3) is 11.8. The monoisotopic (exact) mass is 764 g/mol. The lowest BCUT2D eigenvalue weighted by Crippen LogP contribution is -2.57. The highest BCUT2D eigenvalue weighted by molar-refractivity contribution is 5.83. The zero-order valence-electron chi connectivity index (χ0n) is 34.8. The van der Waals surface area contributed by atoms with Gasteiger partial charge in [0.15, 0.2) is 6.29 Å². The van der Waals surface area contributed by atoms with Gasteiger partial charge >= 0.3 is 11.9 Å². The van der Waals surface area contributed by atoms with Gasteiger partial charge in [0.2, 0.25) is 0 Å². The van der Waals surface area contributed by atoms with Gasteiger partial charge in [-0.2, -0.15) is 4.91 Å². The highest BCUT2D eigenvalue weighted by Gasteiger charge is 2.51. The average molecular weight is 765 g/mol. The fraction of sp³-hybridized carbons (Fsp3) is 0.805. The number of ether oxygens (including phenoxy) is 5. The molecule has 1 saturated heterocycles. The van der Waals surface area contributed by atoms with E-state index in [2.05, 4.69) is 24.0 Å². The van der Waals surface area contributed by atoms with Gasteiger partial charge in [0, 0.05) is 44.4 Å². The van der Waals surface area contributed by atoms with Crippen LogP contribution in [0.3, 0.4) is 0 Å². The van der Waals surface area contributed by atoms with Crippen molar-refractivity contribution >= 4 is 17.7 Å². The molecule has 0 bridgehead atoms. The molecule has 14 atom stereocenters. The highest BCUT2D eigenvalue weighted by Crippen LogP contribution is 2.41. The number of nitroso groups, excluding NO2 is 1. The lowest BCUT2D eigenvalue weighted by Gasteiger charge is -2.46. The SMILES string of the molecule is CC[C@@H](C)[C@@](C)(O)[C@H](N=O)[C@@H](C)C(=O)[C@H](C)C[C@](C)(OC)[C@H](O[C@@H]1O[C@H](C)CC[C@H](C(C)C)[C@H]1OC)[C@@H](C)[C@H](OC(=O)Cc1ccncc1)[C@@H](C)C(=O)O. The highest BCUT2D eigenvalue weighted by atomic mass is 16.7. The lowest BCUT2D eigenvalue weighted by atomic mass is 9.72. The van der Waals surface area contributed by atoms with Crippen molar-refractivity contribution in [2.75, 3.05) is 14.2 Å². The number of carbonyl (C=O) groups excluding carboxylic acids is 2. The van der Waals surface area contributed by atoms with E-state index >= 15 is 0 Å². The molecule has 54 heavy (non-hydrogen) atoms. The van der Waals surface area contributed by atoms with Crippen molar-refractivity contribution in [2.24, 2.45) is 46.6 Å². The number of esters is 1. The summed E-state index contributed by atoms with van der Waals surface area (Å²) in [4.78, 5) is 56.3. The van der Waals surface area contributed by atoms with Crippen LogP contribution in [0.2, 0.25) is 0 Å². The van der Waals surface area contributed by atoms with Gasteiger partial charge in [-0.05, 0) is 82.4 Å². The second-order valence-electron chi connectivity index (χ2n) is 16.4. The second-order valence-corrected chi connectivity index (χ2v) is 16.4. The van der Waals surface area contributed by atoms with Crippen molar-refractivity contribution in [1.82, 2.24) is 4.98 Å². The number of Topliss-reactive ketones (excluding diaryl/α,β-unsaturated/α-hetero) is 1. The minimum atomic E-state index is -1.52. The van der Waals surface area contributed by atoms with Crippen LogP contribution >= 0.6 is 0 Å². The Morgan fingerprint density at radius 1 is 1.02 bits per heavy atom. The first-order chi connectivity index (χ1) is 25.2. The van der Waals surface area contributed by atoms with E-state index in [9.17, 15) is 29.5 Å². The molecule has 0 saturated carbocycles. The number of methoxy groups -OCH3 is 2. The van der Waals surface area contributed by atoms with Crippen LogP contribution in [0, 0.1) is 46.3 Å². The fourth-order valence-corrected chi connectivity index (χ4v) is 8.12. The van der Waals surface area contributed by atoms with Crippen LogP contribution in [0.15, 0.2) is 29.7 Å². The molecule has 1 aromatic heterocycles. The molecule has 1 aromatic rings. The Labute approximate surface area is 322 Å². The van der Waals surface area contributed by atoms with Crippen LogP contribution in [0.4, 0.5) is 0 Å². The van der Waals surface area contributed by atoms with Crippen molar-refractivity contribution in [3.8, 4) is 0 Å². The summed E-state index contributed by atoms with van der Waals surface area (Å²) in [6.07, 6.45) is 1.43. The normalized spacial score (nSPS) is 26.1. The minimum absolute atomic E-state index is 0.0609. The van der Waals surface area contributed by atoms with Crippen molar-refractivity contribution in [1.29, 1.82) is 0 Å². The first-order valence-corrected chi connectivity index (χ1v) is 19.5. The van der Waals surface area contributed by atoms with Crippen molar-refractivity contribution in [3.63, 3.8) is 0 Å². The second kappa shape index (κ2) is 20.9. The maximum atomic E-state index is 14.1. The number of hydrogen-bond donors (Lipinski definition) is 2. The molecule has 1 fully saturated rings. The molecular formula is C41H68N2O11. The number of aliphatic carboxylic acids is 1. The van der Waals surface area contributed by atoms with Crippen molar-refractivity contribution < 1.29 is 48.3 Å².